The van der Waals surface area contributed by atoms with Crippen molar-refractivity contribution in [2.24, 2.45) is 0 Å². The molecule has 0 aliphatic heterocycles. The summed E-state index contributed by atoms with van der Waals surface area (Å²) < 4.78 is 1.56. The summed E-state index contributed by atoms with van der Waals surface area (Å²) in [7, 11) is 0. The molecule has 2 heterocycles. The number of hydrogen-bond donors (Lipinski definition) is 2. The van der Waals surface area contributed by atoms with Crippen LogP contribution in [-0.2, 0) is 6.54 Å². The van der Waals surface area contributed by atoms with Crippen LogP contribution in [0.2, 0.25) is 0 Å². The Morgan fingerprint density at radius 3 is 2.68 bits per heavy atom. The topological polar surface area (TPSA) is 70.9 Å². The number of benzene rings is 1. The van der Waals surface area contributed by atoms with E-state index in [1.807, 2.05) is 43.5 Å². The van der Waals surface area contributed by atoms with Crippen molar-refractivity contribution in [1.29, 1.82) is 0 Å². The fraction of sp³-hybridized carbons (Fsp3) is 0.294. The third kappa shape index (κ3) is 2.80. The summed E-state index contributed by atoms with van der Waals surface area (Å²) >= 11 is 0. The molecule has 0 saturated carbocycles. The average Bonchev–Trinajstić information content (AvgIpc) is 2.74. The molecule has 2 aromatic heterocycles. The van der Waals surface area contributed by atoms with Gasteiger partial charge in [0.15, 0.2) is 0 Å². The minimum absolute atomic E-state index is 0.217. The van der Waals surface area contributed by atoms with Gasteiger partial charge in [0, 0.05) is 11.8 Å². The maximum Gasteiger partial charge on any atom is 0.326 e. The standard InChI is InChI=1S/C17H19N3O2/c1-11-4-6-13(18-9-11)12-5-7-14-15(8-12)20(16(21)19-14)10-17(2,3)22/h4-9,22H,10H2,1-3H3,(H,19,21). The molecule has 0 radical (unpaired) electrons. The van der Waals surface area contributed by atoms with Gasteiger partial charge in [0.05, 0.1) is 28.9 Å². The first-order chi connectivity index (χ1) is 10.3. The maximum absolute atomic E-state index is 12.1. The Morgan fingerprint density at radius 2 is 2.05 bits per heavy atom. The summed E-state index contributed by atoms with van der Waals surface area (Å²) in [5.41, 5.74) is 3.25. The van der Waals surface area contributed by atoms with E-state index in [9.17, 15) is 9.90 Å². The molecule has 2 N–H and O–H groups in total. The first-order valence-corrected chi connectivity index (χ1v) is 7.21. The van der Waals surface area contributed by atoms with Gasteiger partial charge in [-0.1, -0.05) is 12.1 Å². The molecule has 0 aliphatic carbocycles. The van der Waals surface area contributed by atoms with Crippen LogP contribution in [-0.4, -0.2) is 25.2 Å². The van der Waals surface area contributed by atoms with Crippen molar-refractivity contribution in [2.75, 3.05) is 0 Å². The quantitative estimate of drug-likeness (QED) is 0.780. The monoisotopic (exact) mass is 297 g/mol. The molecule has 114 valence electrons. The maximum atomic E-state index is 12.1. The number of nitrogens with one attached hydrogen (secondary N) is 1. The number of H-pyrrole nitrogens is 1. The van der Waals surface area contributed by atoms with E-state index in [0.717, 1.165) is 27.9 Å². The van der Waals surface area contributed by atoms with E-state index in [1.54, 1.807) is 18.4 Å². The Labute approximate surface area is 128 Å². The summed E-state index contributed by atoms with van der Waals surface area (Å²) in [5, 5.41) is 10.0. The van der Waals surface area contributed by atoms with Crippen molar-refractivity contribution in [3.8, 4) is 11.3 Å². The van der Waals surface area contributed by atoms with Crippen molar-refractivity contribution in [1.82, 2.24) is 14.5 Å². The smallest absolute Gasteiger partial charge is 0.326 e. The van der Waals surface area contributed by atoms with Crippen LogP contribution in [0.15, 0.2) is 41.3 Å². The summed E-state index contributed by atoms with van der Waals surface area (Å²) in [6, 6.07) is 9.70. The molecule has 0 amide bonds. The van der Waals surface area contributed by atoms with Crippen molar-refractivity contribution in [2.45, 2.75) is 32.9 Å². The third-order valence-electron chi connectivity index (χ3n) is 3.53. The highest BCUT2D eigenvalue weighted by Gasteiger charge is 2.17. The number of aryl methyl sites for hydroxylation is 1. The molecule has 5 heteroatoms. The van der Waals surface area contributed by atoms with Crippen LogP contribution in [0.25, 0.3) is 22.3 Å². The fourth-order valence-electron chi connectivity index (χ4n) is 2.49. The van der Waals surface area contributed by atoms with Crippen LogP contribution in [0, 0.1) is 6.92 Å². The molecule has 3 aromatic rings. The Balaban J connectivity index is 2.14. The number of aromatic amines is 1. The van der Waals surface area contributed by atoms with Gasteiger partial charge in [-0.2, -0.15) is 0 Å². The molecular weight excluding hydrogens is 278 g/mol. The fourth-order valence-corrected chi connectivity index (χ4v) is 2.49. The molecule has 1 aromatic carbocycles. The van der Waals surface area contributed by atoms with Crippen molar-refractivity contribution in [3.05, 3.63) is 52.6 Å². The Kier molecular flexibility index (Phi) is 3.37. The van der Waals surface area contributed by atoms with Crippen LogP contribution >= 0.6 is 0 Å². The summed E-state index contributed by atoms with van der Waals surface area (Å²) in [4.78, 5) is 19.3. The Bertz CT molecular complexity index is 868. The lowest BCUT2D eigenvalue weighted by Crippen LogP contribution is -2.31. The van der Waals surface area contributed by atoms with E-state index in [-0.39, 0.29) is 12.2 Å². The first-order valence-electron chi connectivity index (χ1n) is 7.21. The number of pyridine rings is 1. The van der Waals surface area contributed by atoms with Crippen LogP contribution < -0.4 is 5.69 Å². The number of fused-ring (bicyclic) bond motifs is 1. The lowest BCUT2D eigenvalue weighted by molar-refractivity contribution is 0.0617. The number of imidazole rings is 1. The molecule has 0 bridgehead atoms. The molecule has 22 heavy (non-hydrogen) atoms. The van der Waals surface area contributed by atoms with E-state index in [4.69, 9.17) is 0 Å². The van der Waals surface area contributed by atoms with Gasteiger partial charge in [0.1, 0.15) is 0 Å². The Hall–Kier alpha value is -2.40. The second-order valence-electron chi connectivity index (χ2n) is 6.28. The van der Waals surface area contributed by atoms with E-state index >= 15 is 0 Å². The van der Waals surface area contributed by atoms with Gasteiger partial charge >= 0.3 is 5.69 Å². The zero-order valence-electron chi connectivity index (χ0n) is 12.9. The second kappa shape index (κ2) is 5.10. The predicted octanol–water partition coefficient (Wildman–Crippen LogP) is 2.47. The third-order valence-corrected chi connectivity index (χ3v) is 3.53. The summed E-state index contributed by atoms with van der Waals surface area (Å²) in [6.07, 6.45) is 1.82. The van der Waals surface area contributed by atoms with Crippen molar-refractivity contribution >= 4 is 11.0 Å². The van der Waals surface area contributed by atoms with E-state index in [1.165, 1.54) is 0 Å². The zero-order chi connectivity index (χ0) is 15.9. The largest absolute Gasteiger partial charge is 0.389 e. The predicted molar refractivity (Wildman–Crippen MR) is 86.8 cm³/mol. The van der Waals surface area contributed by atoms with Crippen molar-refractivity contribution < 1.29 is 5.11 Å². The summed E-state index contributed by atoms with van der Waals surface area (Å²) in [6.45, 7) is 5.59. The molecule has 0 atom stereocenters. The van der Waals surface area contributed by atoms with Gasteiger partial charge in [-0.3, -0.25) is 9.55 Å². The first kappa shape index (κ1) is 14.5. The number of rotatable bonds is 3. The molecule has 0 spiro atoms. The van der Waals surface area contributed by atoms with Crippen molar-refractivity contribution in [3.63, 3.8) is 0 Å². The highest BCUT2D eigenvalue weighted by Crippen LogP contribution is 2.22. The van der Waals surface area contributed by atoms with E-state index < -0.39 is 5.60 Å². The van der Waals surface area contributed by atoms with E-state index in [0.29, 0.717) is 0 Å². The number of hydrogen-bond acceptors (Lipinski definition) is 3. The molecule has 3 rings (SSSR count). The number of aliphatic hydroxyl groups is 1. The lowest BCUT2D eigenvalue weighted by Gasteiger charge is -2.17. The van der Waals surface area contributed by atoms with Gasteiger partial charge < -0.3 is 10.1 Å². The second-order valence-corrected chi connectivity index (χ2v) is 6.28. The normalized spacial score (nSPS) is 12.0. The van der Waals surface area contributed by atoms with Crippen LogP contribution in [0.4, 0.5) is 0 Å². The highest BCUT2D eigenvalue weighted by molar-refractivity contribution is 5.81. The van der Waals surface area contributed by atoms with Gasteiger partial charge in [0.2, 0.25) is 0 Å². The van der Waals surface area contributed by atoms with Gasteiger partial charge in [-0.25, -0.2) is 4.79 Å². The van der Waals surface area contributed by atoms with Crippen LogP contribution in [0.1, 0.15) is 19.4 Å². The molecule has 0 aliphatic rings. The minimum atomic E-state index is -0.961. The molecule has 0 unspecified atom stereocenters. The lowest BCUT2D eigenvalue weighted by atomic mass is 10.1. The SMILES string of the molecule is Cc1ccc(-c2ccc3[nH]c(=O)n(CC(C)(C)O)c3c2)nc1. The molecule has 0 saturated heterocycles. The van der Waals surface area contributed by atoms with E-state index in [2.05, 4.69) is 9.97 Å². The molecule has 5 nitrogen and oxygen atoms in total. The number of nitrogens with zero attached hydrogens (tertiary/aromatic N) is 2. The average molecular weight is 297 g/mol. The molecule has 0 fully saturated rings. The van der Waals surface area contributed by atoms with Crippen LogP contribution in [0.5, 0.6) is 0 Å². The summed E-state index contributed by atoms with van der Waals surface area (Å²) in [5.74, 6) is 0. The van der Waals surface area contributed by atoms with Gasteiger partial charge in [-0.15, -0.1) is 0 Å². The minimum Gasteiger partial charge on any atom is -0.389 e. The van der Waals surface area contributed by atoms with Crippen LogP contribution in [0.3, 0.4) is 0 Å². The highest BCUT2D eigenvalue weighted by atomic mass is 16.3. The van der Waals surface area contributed by atoms with Gasteiger partial charge in [0.25, 0.3) is 0 Å². The zero-order valence-corrected chi connectivity index (χ0v) is 12.9. The van der Waals surface area contributed by atoms with Gasteiger partial charge in [-0.05, 0) is 44.5 Å². The number of aromatic nitrogens is 3. The molecular formula is C17H19N3O2. The Morgan fingerprint density at radius 1 is 1.27 bits per heavy atom.